The molecule has 0 aliphatic heterocycles. The summed E-state index contributed by atoms with van der Waals surface area (Å²) in [4.78, 5) is 24.7. The number of rotatable bonds is 6. The molecule has 7 heteroatoms. The molecule has 0 saturated heterocycles. The van der Waals surface area contributed by atoms with Crippen molar-refractivity contribution >= 4 is 17.6 Å². The highest BCUT2D eigenvalue weighted by atomic mass is 19.1. The Hall–Kier alpha value is -4.26. The number of benzene rings is 3. The van der Waals surface area contributed by atoms with Crippen LogP contribution >= 0.6 is 0 Å². The van der Waals surface area contributed by atoms with Gasteiger partial charge in [-0.15, -0.1) is 0 Å². The normalized spacial score (nSPS) is 12.9. The number of carbonyl (C=O) groups excluding carboxylic acids is 2. The predicted molar refractivity (Wildman–Crippen MR) is 131 cm³/mol. The van der Waals surface area contributed by atoms with Crippen molar-refractivity contribution in [1.82, 2.24) is 9.78 Å². The van der Waals surface area contributed by atoms with E-state index in [4.69, 9.17) is 9.84 Å². The van der Waals surface area contributed by atoms with Gasteiger partial charge in [0.15, 0.2) is 0 Å². The highest BCUT2D eigenvalue weighted by Gasteiger charge is 2.34. The van der Waals surface area contributed by atoms with Gasteiger partial charge in [0.2, 0.25) is 5.88 Å². The topological polar surface area (TPSA) is 73.2 Å². The van der Waals surface area contributed by atoms with Crippen LogP contribution in [0.3, 0.4) is 0 Å². The Morgan fingerprint density at radius 1 is 1.00 bits per heavy atom. The number of nitrogens with zero attached hydrogens (tertiary/aromatic N) is 2. The molecule has 0 spiro atoms. The number of anilines is 1. The van der Waals surface area contributed by atoms with Crippen LogP contribution in [0.15, 0.2) is 72.8 Å². The van der Waals surface area contributed by atoms with Gasteiger partial charge in [-0.05, 0) is 73.4 Å². The Kier molecular flexibility index (Phi) is 5.91. The lowest BCUT2D eigenvalue weighted by molar-refractivity contribution is -0.132. The van der Waals surface area contributed by atoms with Crippen molar-refractivity contribution in [3.8, 4) is 22.7 Å². The minimum Gasteiger partial charge on any atom is -0.407 e. The SMILES string of the molecule is CC(=O)Oc1c(-c2ccc(NC(=O)c3ccccc3C)cc2)c(C2CC2)nn1-c1ccc(F)cc1. The number of aryl methyl sites for hydroxylation is 1. The van der Waals surface area contributed by atoms with Gasteiger partial charge in [0.05, 0.1) is 16.9 Å². The smallest absolute Gasteiger partial charge is 0.309 e. The maximum Gasteiger partial charge on any atom is 0.309 e. The predicted octanol–water partition coefficient (Wildman–Crippen LogP) is 6.04. The van der Waals surface area contributed by atoms with Crippen molar-refractivity contribution in [2.24, 2.45) is 0 Å². The molecule has 35 heavy (non-hydrogen) atoms. The largest absolute Gasteiger partial charge is 0.407 e. The molecular weight excluding hydrogens is 445 g/mol. The lowest BCUT2D eigenvalue weighted by atomic mass is 10.0. The molecule has 1 aliphatic rings. The first-order valence-corrected chi connectivity index (χ1v) is 11.5. The minimum absolute atomic E-state index is 0.181. The standard InChI is InChI=1S/C28H24FN3O3/c1-17-5-3-4-6-24(17)27(34)30-22-13-9-19(10-14-22)25-26(20-7-8-20)31-32(28(25)35-18(2)33)23-15-11-21(29)12-16-23/h3-6,9-16,20H,7-8H2,1-2H3,(H,30,34). The summed E-state index contributed by atoms with van der Waals surface area (Å²) in [5.74, 6) is -0.455. The summed E-state index contributed by atoms with van der Waals surface area (Å²) >= 11 is 0. The van der Waals surface area contributed by atoms with Crippen molar-refractivity contribution < 1.29 is 18.7 Å². The molecule has 0 unspecified atom stereocenters. The Labute approximate surface area is 202 Å². The number of hydrogen-bond acceptors (Lipinski definition) is 4. The summed E-state index contributed by atoms with van der Waals surface area (Å²) in [5.41, 5.74) is 5.13. The van der Waals surface area contributed by atoms with Crippen molar-refractivity contribution in [3.05, 3.63) is 95.4 Å². The van der Waals surface area contributed by atoms with Crippen LogP contribution in [0, 0.1) is 12.7 Å². The average Bonchev–Trinajstić information content (AvgIpc) is 3.62. The van der Waals surface area contributed by atoms with Crippen LogP contribution in [0.1, 0.15) is 47.3 Å². The zero-order valence-corrected chi connectivity index (χ0v) is 19.4. The molecule has 0 radical (unpaired) electrons. The van der Waals surface area contributed by atoms with Crippen molar-refractivity contribution in [2.75, 3.05) is 5.32 Å². The monoisotopic (exact) mass is 469 g/mol. The molecule has 1 saturated carbocycles. The summed E-state index contributed by atoms with van der Waals surface area (Å²) in [7, 11) is 0. The maximum absolute atomic E-state index is 13.5. The van der Waals surface area contributed by atoms with E-state index in [0.29, 0.717) is 22.8 Å². The molecule has 1 N–H and O–H groups in total. The Bertz CT molecular complexity index is 1400. The van der Waals surface area contributed by atoms with Gasteiger partial charge >= 0.3 is 5.97 Å². The van der Waals surface area contributed by atoms with E-state index in [1.54, 1.807) is 22.9 Å². The summed E-state index contributed by atoms with van der Waals surface area (Å²) < 4.78 is 20.7. The zero-order chi connectivity index (χ0) is 24.5. The third-order valence-corrected chi connectivity index (χ3v) is 5.97. The van der Waals surface area contributed by atoms with Gasteiger partial charge in [-0.3, -0.25) is 9.59 Å². The summed E-state index contributed by atoms with van der Waals surface area (Å²) in [6.45, 7) is 3.24. The van der Waals surface area contributed by atoms with E-state index in [0.717, 1.165) is 35.2 Å². The van der Waals surface area contributed by atoms with Gasteiger partial charge in [0.25, 0.3) is 5.91 Å². The third-order valence-electron chi connectivity index (χ3n) is 5.97. The Morgan fingerprint density at radius 3 is 2.31 bits per heavy atom. The van der Waals surface area contributed by atoms with Crippen LogP contribution in [0.5, 0.6) is 5.88 Å². The first kappa shape index (κ1) is 22.5. The molecule has 1 aromatic heterocycles. The van der Waals surface area contributed by atoms with E-state index in [1.807, 2.05) is 49.4 Å². The lowest BCUT2D eigenvalue weighted by Gasteiger charge is -2.11. The summed E-state index contributed by atoms with van der Waals surface area (Å²) in [5, 5.41) is 7.70. The van der Waals surface area contributed by atoms with E-state index < -0.39 is 5.97 Å². The van der Waals surface area contributed by atoms with Crippen LogP contribution in [0.2, 0.25) is 0 Å². The molecule has 176 valence electrons. The number of ether oxygens (including phenoxy) is 1. The third kappa shape index (κ3) is 4.71. The van der Waals surface area contributed by atoms with Gasteiger partial charge in [-0.2, -0.15) is 9.78 Å². The second-order valence-electron chi connectivity index (χ2n) is 8.67. The molecule has 0 atom stereocenters. The van der Waals surface area contributed by atoms with Crippen molar-refractivity contribution in [1.29, 1.82) is 0 Å². The maximum atomic E-state index is 13.5. The van der Waals surface area contributed by atoms with Gasteiger partial charge < -0.3 is 10.1 Å². The molecule has 6 nitrogen and oxygen atoms in total. The van der Waals surface area contributed by atoms with E-state index in [2.05, 4.69) is 5.32 Å². The second-order valence-corrected chi connectivity index (χ2v) is 8.67. The Balaban J connectivity index is 1.52. The number of halogens is 1. The molecule has 1 heterocycles. The fourth-order valence-corrected chi connectivity index (χ4v) is 4.07. The van der Waals surface area contributed by atoms with Gasteiger partial charge in [-0.1, -0.05) is 30.3 Å². The van der Waals surface area contributed by atoms with E-state index in [1.165, 1.54) is 19.1 Å². The molecule has 0 bridgehead atoms. The molecule has 1 fully saturated rings. The molecule has 4 aromatic rings. The summed E-state index contributed by atoms with van der Waals surface area (Å²) in [6.07, 6.45) is 2.00. The van der Waals surface area contributed by atoms with Crippen molar-refractivity contribution in [2.45, 2.75) is 32.6 Å². The van der Waals surface area contributed by atoms with Gasteiger partial charge in [0, 0.05) is 24.1 Å². The van der Waals surface area contributed by atoms with Crippen LogP contribution < -0.4 is 10.1 Å². The highest BCUT2D eigenvalue weighted by molar-refractivity contribution is 6.05. The molecular formula is C28H24FN3O3. The number of aromatic nitrogens is 2. The van der Waals surface area contributed by atoms with E-state index in [9.17, 15) is 14.0 Å². The number of hydrogen-bond donors (Lipinski definition) is 1. The Morgan fingerprint density at radius 2 is 1.69 bits per heavy atom. The number of carbonyl (C=O) groups is 2. The fraction of sp³-hybridized carbons (Fsp3) is 0.179. The van der Waals surface area contributed by atoms with Crippen LogP contribution in [0.25, 0.3) is 16.8 Å². The summed E-state index contributed by atoms with van der Waals surface area (Å²) in [6, 6.07) is 20.7. The van der Waals surface area contributed by atoms with Crippen molar-refractivity contribution in [3.63, 3.8) is 0 Å². The van der Waals surface area contributed by atoms with Gasteiger partial charge in [0.1, 0.15) is 5.82 Å². The van der Waals surface area contributed by atoms with E-state index in [-0.39, 0.29) is 17.6 Å². The van der Waals surface area contributed by atoms with E-state index >= 15 is 0 Å². The minimum atomic E-state index is -0.473. The molecule has 1 aliphatic carbocycles. The number of esters is 1. The number of nitrogens with one attached hydrogen (secondary N) is 1. The average molecular weight is 470 g/mol. The van der Waals surface area contributed by atoms with Crippen LogP contribution in [-0.2, 0) is 4.79 Å². The molecule has 3 aromatic carbocycles. The lowest BCUT2D eigenvalue weighted by Crippen LogP contribution is -2.13. The molecule has 5 rings (SSSR count). The first-order valence-electron chi connectivity index (χ1n) is 11.5. The van der Waals surface area contributed by atoms with Crippen LogP contribution in [-0.4, -0.2) is 21.7 Å². The second kappa shape index (κ2) is 9.18. The molecule has 1 amide bonds. The number of amides is 1. The van der Waals surface area contributed by atoms with Crippen LogP contribution in [0.4, 0.5) is 10.1 Å². The zero-order valence-electron chi connectivity index (χ0n) is 19.4. The highest BCUT2D eigenvalue weighted by Crippen LogP contribution is 2.48. The fourth-order valence-electron chi connectivity index (χ4n) is 4.07. The van der Waals surface area contributed by atoms with Gasteiger partial charge in [-0.25, -0.2) is 4.39 Å². The quantitative estimate of drug-likeness (QED) is 0.349. The first-order chi connectivity index (χ1) is 16.9.